The molecule has 0 aliphatic carbocycles. The molecule has 0 unspecified atom stereocenters. The summed E-state index contributed by atoms with van der Waals surface area (Å²) in [6.45, 7) is 9.29. The molecule has 7 heteroatoms. The summed E-state index contributed by atoms with van der Waals surface area (Å²) in [5.74, 6) is -1.96. The van der Waals surface area contributed by atoms with Gasteiger partial charge in [0.25, 0.3) is 10.0 Å². The molecule has 0 saturated heterocycles. The van der Waals surface area contributed by atoms with E-state index in [4.69, 9.17) is 5.11 Å². The fraction of sp³-hybridized carbons (Fsp3) is 0.350. The van der Waals surface area contributed by atoms with E-state index in [0.29, 0.717) is 5.69 Å². The summed E-state index contributed by atoms with van der Waals surface area (Å²) in [5, 5.41) is 9.14. The molecule has 0 aliphatic heterocycles. The van der Waals surface area contributed by atoms with Crippen molar-refractivity contribution in [1.82, 2.24) is 0 Å². The molecule has 2 N–H and O–H groups in total. The van der Waals surface area contributed by atoms with Gasteiger partial charge in [0, 0.05) is 0 Å². The smallest absolute Gasteiger partial charge is 0.335 e. The quantitative estimate of drug-likeness (QED) is 0.733. The molecule has 0 aromatic heterocycles. The van der Waals surface area contributed by atoms with Crippen LogP contribution in [-0.2, 0) is 10.0 Å². The van der Waals surface area contributed by atoms with Crippen molar-refractivity contribution in [2.24, 2.45) is 0 Å². The van der Waals surface area contributed by atoms with Crippen LogP contribution in [0.1, 0.15) is 66.6 Å². The van der Waals surface area contributed by atoms with E-state index in [1.807, 2.05) is 39.8 Å². The number of benzene rings is 2. The summed E-state index contributed by atoms with van der Waals surface area (Å²) < 4.78 is 42.5. The first-order valence-electron chi connectivity index (χ1n) is 8.64. The largest absolute Gasteiger partial charge is 0.478 e. The van der Waals surface area contributed by atoms with Crippen LogP contribution < -0.4 is 4.72 Å². The van der Waals surface area contributed by atoms with E-state index in [1.54, 1.807) is 6.07 Å². The molecule has 0 saturated carbocycles. The Kier molecular flexibility index (Phi) is 5.94. The van der Waals surface area contributed by atoms with Gasteiger partial charge in [0.1, 0.15) is 10.7 Å². The molecule has 2 rings (SSSR count). The topological polar surface area (TPSA) is 83.5 Å². The van der Waals surface area contributed by atoms with Crippen LogP contribution in [0.3, 0.4) is 0 Å². The fourth-order valence-electron chi connectivity index (χ4n) is 2.77. The van der Waals surface area contributed by atoms with Crippen LogP contribution in [-0.4, -0.2) is 19.5 Å². The lowest BCUT2D eigenvalue weighted by Gasteiger charge is -2.18. The highest BCUT2D eigenvalue weighted by Gasteiger charge is 2.24. The van der Waals surface area contributed by atoms with E-state index in [9.17, 15) is 17.6 Å². The Labute approximate surface area is 159 Å². The molecule has 146 valence electrons. The van der Waals surface area contributed by atoms with Crippen LogP contribution in [0.15, 0.2) is 35.2 Å². The number of aryl methyl sites for hydroxylation is 1. The van der Waals surface area contributed by atoms with Gasteiger partial charge >= 0.3 is 5.97 Å². The summed E-state index contributed by atoms with van der Waals surface area (Å²) in [5.41, 5.74) is 1.88. The third-order valence-electron chi connectivity index (χ3n) is 4.37. The zero-order valence-corrected chi connectivity index (χ0v) is 16.8. The number of sulfonamides is 1. The lowest BCUT2D eigenvalue weighted by atomic mass is 9.94. The predicted molar refractivity (Wildman–Crippen MR) is 104 cm³/mol. The first kappa shape index (κ1) is 20.9. The molecule has 5 nitrogen and oxygen atoms in total. The molecular formula is C20H24FNO4S. The molecule has 27 heavy (non-hydrogen) atoms. The zero-order chi connectivity index (χ0) is 20.5. The minimum Gasteiger partial charge on any atom is -0.478 e. The van der Waals surface area contributed by atoms with Gasteiger partial charge in [-0.1, -0.05) is 39.8 Å². The Morgan fingerprint density at radius 3 is 2.22 bits per heavy atom. The van der Waals surface area contributed by atoms with Crippen molar-refractivity contribution < 1.29 is 22.7 Å². The van der Waals surface area contributed by atoms with Crippen molar-refractivity contribution in [3.8, 4) is 0 Å². The minimum absolute atomic E-state index is 0.0401. The summed E-state index contributed by atoms with van der Waals surface area (Å²) in [7, 11) is -4.30. The van der Waals surface area contributed by atoms with Crippen molar-refractivity contribution in [3.63, 3.8) is 0 Å². The van der Waals surface area contributed by atoms with E-state index in [2.05, 4.69) is 4.72 Å². The molecule has 0 fully saturated rings. The number of aromatic carboxylic acids is 1. The maximum Gasteiger partial charge on any atom is 0.335 e. The molecule has 0 aliphatic rings. The standard InChI is InChI=1S/C20H24FNO4S/c1-11(2)14-6-7-17(16(9-14)12(3)4)22-27(25,26)18-10-15(20(23)24)8-13(5)19(18)21/h6-12,22H,1-5H3,(H,23,24). The number of rotatable bonds is 6. The van der Waals surface area contributed by atoms with E-state index in [-0.39, 0.29) is 23.0 Å². The zero-order valence-electron chi connectivity index (χ0n) is 16.0. The highest BCUT2D eigenvalue weighted by molar-refractivity contribution is 7.92. The Morgan fingerprint density at radius 2 is 1.70 bits per heavy atom. The van der Waals surface area contributed by atoms with Gasteiger partial charge in [-0.05, 0) is 53.6 Å². The van der Waals surface area contributed by atoms with E-state index in [0.717, 1.165) is 23.3 Å². The van der Waals surface area contributed by atoms with Crippen molar-refractivity contribution in [2.75, 3.05) is 4.72 Å². The van der Waals surface area contributed by atoms with Gasteiger partial charge in [0.2, 0.25) is 0 Å². The van der Waals surface area contributed by atoms with Gasteiger partial charge in [-0.2, -0.15) is 0 Å². The van der Waals surface area contributed by atoms with Crippen LogP contribution in [0.2, 0.25) is 0 Å². The number of hydrogen-bond donors (Lipinski definition) is 2. The molecule has 0 atom stereocenters. The summed E-state index contributed by atoms with van der Waals surface area (Å²) in [6, 6.07) is 7.36. The second kappa shape index (κ2) is 7.68. The number of nitrogens with one attached hydrogen (secondary N) is 1. The van der Waals surface area contributed by atoms with Gasteiger partial charge in [0.05, 0.1) is 11.3 Å². The van der Waals surface area contributed by atoms with Crippen LogP contribution in [0.4, 0.5) is 10.1 Å². The second-order valence-corrected chi connectivity index (χ2v) is 8.82. The van der Waals surface area contributed by atoms with Gasteiger partial charge < -0.3 is 5.11 Å². The van der Waals surface area contributed by atoms with Crippen LogP contribution >= 0.6 is 0 Å². The average Bonchev–Trinajstić information content (AvgIpc) is 2.56. The number of carboxylic acid groups (broad SMARTS) is 1. The molecule has 2 aromatic rings. The van der Waals surface area contributed by atoms with Gasteiger partial charge in [0.15, 0.2) is 0 Å². The third kappa shape index (κ3) is 4.47. The summed E-state index contributed by atoms with van der Waals surface area (Å²) >= 11 is 0. The molecule has 2 aromatic carbocycles. The molecule has 0 amide bonds. The van der Waals surface area contributed by atoms with Crippen molar-refractivity contribution >= 4 is 21.7 Å². The predicted octanol–water partition coefficient (Wildman–Crippen LogP) is 4.88. The molecule has 0 bridgehead atoms. The fourth-order valence-corrected chi connectivity index (χ4v) is 4.03. The molecular weight excluding hydrogens is 369 g/mol. The number of hydrogen-bond acceptors (Lipinski definition) is 3. The molecule has 0 heterocycles. The molecule has 0 spiro atoms. The van der Waals surface area contributed by atoms with Crippen LogP contribution in [0, 0.1) is 12.7 Å². The van der Waals surface area contributed by atoms with Gasteiger partial charge in [-0.15, -0.1) is 0 Å². The average molecular weight is 393 g/mol. The Morgan fingerprint density at radius 1 is 1.07 bits per heavy atom. The number of carboxylic acids is 1. The molecule has 0 radical (unpaired) electrons. The maximum atomic E-state index is 14.5. The lowest BCUT2D eigenvalue weighted by Crippen LogP contribution is -2.18. The van der Waals surface area contributed by atoms with Crippen molar-refractivity contribution in [1.29, 1.82) is 0 Å². The lowest BCUT2D eigenvalue weighted by molar-refractivity contribution is 0.0696. The van der Waals surface area contributed by atoms with E-state index >= 15 is 0 Å². The van der Waals surface area contributed by atoms with Gasteiger partial charge in [-0.3, -0.25) is 4.72 Å². The van der Waals surface area contributed by atoms with E-state index < -0.39 is 26.7 Å². The monoisotopic (exact) mass is 393 g/mol. The Balaban J connectivity index is 2.56. The number of anilines is 1. The minimum atomic E-state index is -4.30. The van der Waals surface area contributed by atoms with Crippen LogP contribution in [0.25, 0.3) is 0 Å². The summed E-state index contributed by atoms with van der Waals surface area (Å²) in [6.07, 6.45) is 0. The first-order chi connectivity index (χ1) is 12.4. The first-order valence-corrected chi connectivity index (χ1v) is 10.1. The number of halogens is 1. The SMILES string of the molecule is Cc1cc(C(=O)O)cc(S(=O)(=O)Nc2ccc(C(C)C)cc2C(C)C)c1F. The highest BCUT2D eigenvalue weighted by atomic mass is 32.2. The maximum absolute atomic E-state index is 14.5. The van der Waals surface area contributed by atoms with E-state index in [1.165, 1.54) is 6.92 Å². The van der Waals surface area contributed by atoms with Crippen molar-refractivity contribution in [3.05, 3.63) is 58.4 Å². The highest BCUT2D eigenvalue weighted by Crippen LogP contribution is 2.31. The Hall–Kier alpha value is -2.41. The third-order valence-corrected chi connectivity index (χ3v) is 5.73. The van der Waals surface area contributed by atoms with Crippen molar-refractivity contribution in [2.45, 2.75) is 51.3 Å². The second-order valence-electron chi connectivity index (χ2n) is 7.17. The van der Waals surface area contributed by atoms with Crippen LogP contribution in [0.5, 0.6) is 0 Å². The Bertz CT molecular complexity index is 982. The number of carbonyl (C=O) groups is 1. The normalized spacial score (nSPS) is 11.9. The summed E-state index contributed by atoms with van der Waals surface area (Å²) in [4.78, 5) is 10.5. The van der Waals surface area contributed by atoms with Gasteiger partial charge in [-0.25, -0.2) is 17.6 Å².